The second-order valence-electron chi connectivity index (χ2n) is 5.52. The lowest BCUT2D eigenvalue weighted by atomic mass is 10.2. The largest absolute Gasteiger partial charge is 0.341 e. The summed E-state index contributed by atoms with van der Waals surface area (Å²) in [4.78, 5) is 14.0. The molecule has 0 bridgehead atoms. The van der Waals surface area contributed by atoms with Crippen LogP contribution < -0.4 is 0 Å². The Hall–Kier alpha value is -1.83. The molecule has 8 heteroatoms. The summed E-state index contributed by atoms with van der Waals surface area (Å²) in [7, 11) is 3.69. The highest BCUT2D eigenvalue weighted by molar-refractivity contribution is 7.99. The van der Waals surface area contributed by atoms with E-state index in [-0.39, 0.29) is 5.91 Å². The molecule has 3 aromatic rings. The van der Waals surface area contributed by atoms with Crippen molar-refractivity contribution in [1.82, 2.24) is 19.7 Å². The van der Waals surface area contributed by atoms with E-state index in [4.69, 9.17) is 11.6 Å². The van der Waals surface area contributed by atoms with Gasteiger partial charge in [0.1, 0.15) is 0 Å². The maximum atomic E-state index is 12.3. The first kappa shape index (κ1) is 18.0. The van der Waals surface area contributed by atoms with Gasteiger partial charge in [0.05, 0.1) is 10.8 Å². The number of hydrogen-bond acceptors (Lipinski definition) is 5. The van der Waals surface area contributed by atoms with Crippen molar-refractivity contribution in [3.05, 3.63) is 51.7 Å². The predicted molar refractivity (Wildman–Crippen MR) is 103 cm³/mol. The van der Waals surface area contributed by atoms with Crippen molar-refractivity contribution >= 4 is 40.6 Å². The van der Waals surface area contributed by atoms with Gasteiger partial charge >= 0.3 is 0 Å². The maximum Gasteiger partial charge on any atom is 0.233 e. The topological polar surface area (TPSA) is 51.0 Å². The van der Waals surface area contributed by atoms with Crippen LogP contribution in [0.15, 0.2) is 46.2 Å². The average Bonchev–Trinajstić information content (AvgIpc) is 3.23. The molecule has 5 nitrogen and oxygen atoms in total. The Bertz CT molecular complexity index is 863. The molecule has 130 valence electrons. The molecule has 0 unspecified atom stereocenters. The lowest BCUT2D eigenvalue weighted by Gasteiger charge is -2.16. The summed E-state index contributed by atoms with van der Waals surface area (Å²) < 4.78 is 1.86. The fourth-order valence-electron chi connectivity index (χ4n) is 2.30. The summed E-state index contributed by atoms with van der Waals surface area (Å²) in [6.07, 6.45) is 0. The van der Waals surface area contributed by atoms with Crippen molar-refractivity contribution in [3.8, 4) is 11.4 Å². The van der Waals surface area contributed by atoms with Gasteiger partial charge in [-0.2, -0.15) is 11.3 Å². The molecule has 25 heavy (non-hydrogen) atoms. The molecule has 0 aliphatic heterocycles. The zero-order valence-corrected chi connectivity index (χ0v) is 16.2. The highest BCUT2D eigenvalue weighted by atomic mass is 35.5. The number of amides is 1. The van der Waals surface area contributed by atoms with E-state index in [0.717, 1.165) is 11.1 Å². The quantitative estimate of drug-likeness (QED) is 0.596. The third kappa shape index (κ3) is 4.23. The maximum absolute atomic E-state index is 12.3. The molecule has 2 heterocycles. The predicted octanol–water partition coefficient (Wildman–Crippen LogP) is 3.95. The van der Waals surface area contributed by atoms with E-state index in [0.29, 0.717) is 28.3 Å². The van der Waals surface area contributed by atoms with Gasteiger partial charge < -0.3 is 9.47 Å². The number of nitrogens with zero attached hydrogens (tertiary/aromatic N) is 4. The summed E-state index contributed by atoms with van der Waals surface area (Å²) >= 11 is 9.24. The number of carbonyl (C=O) groups excluding carboxylic acids is 1. The third-order valence-electron chi connectivity index (χ3n) is 3.70. The summed E-state index contributed by atoms with van der Waals surface area (Å²) in [5, 5.41) is 13.8. The van der Waals surface area contributed by atoms with Crippen LogP contribution in [-0.2, 0) is 18.4 Å². The molecule has 0 fully saturated rings. The lowest BCUT2D eigenvalue weighted by Crippen LogP contribution is -2.27. The standard InChI is InChI=1S/C17H17ClN4OS2/c1-21(9-12-7-8-24-10-12)15(23)11-25-17-20-19-16(22(17)2)13-5-3-4-6-14(13)18/h3-8,10H,9,11H2,1-2H3. The molecule has 0 aliphatic carbocycles. The first-order valence-corrected chi connectivity index (χ1v) is 9.89. The van der Waals surface area contributed by atoms with Gasteiger partial charge in [0.15, 0.2) is 11.0 Å². The van der Waals surface area contributed by atoms with Crippen LogP contribution in [0.5, 0.6) is 0 Å². The number of thiophene rings is 1. The number of hydrogen-bond donors (Lipinski definition) is 0. The van der Waals surface area contributed by atoms with Gasteiger partial charge in [0.2, 0.25) is 5.91 Å². The number of thioether (sulfide) groups is 1. The monoisotopic (exact) mass is 392 g/mol. The molecule has 0 saturated carbocycles. The van der Waals surface area contributed by atoms with Gasteiger partial charge in [-0.1, -0.05) is 35.5 Å². The van der Waals surface area contributed by atoms with E-state index >= 15 is 0 Å². The zero-order valence-electron chi connectivity index (χ0n) is 13.8. The van der Waals surface area contributed by atoms with Crippen LogP contribution in [0.1, 0.15) is 5.56 Å². The summed E-state index contributed by atoms with van der Waals surface area (Å²) in [5.41, 5.74) is 1.97. The first-order valence-electron chi connectivity index (χ1n) is 7.58. The lowest BCUT2D eigenvalue weighted by molar-refractivity contribution is -0.127. The fraction of sp³-hybridized carbons (Fsp3) is 0.235. The molecule has 0 aliphatic rings. The van der Waals surface area contributed by atoms with E-state index in [9.17, 15) is 4.79 Å². The highest BCUT2D eigenvalue weighted by Gasteiger charge is 2.16. The first-order chi connectivity index (χ1) is 12.1. The molecule has 1 aromatic carbocycles. The molecule has 3 rings (SSSR count). The molecule has 2 aromatic heterocycles. The molecule has 0 spiro atoms. The molecule has 0 saturated heterocycles. The molecule has 1 amide bonds. The molecule has 0 radical (unpaired) electrons. The SMILES string of the molecule is CN(Cc1ccsc1)C(=O)CSc1nnc(-c2ccccc2Cl)n1C. The van der Waals surface area contributed by atoms with Crippen molar-refractivity contribution in [2.24, 2.45) is 7.05 Å². The molecular formula is C17H17ClN4OS2. The molecule has 0 N–H and O–H groups in total. The second kappa shape index (κ2) is 8.03. The third-order valence-corrected chi connectivity index (χ3v) is 5.77. The van der Waals surface area contributed by atoms with E-state index < -0.39 is 0 Å². The summed E-state index contributed by atoms with van der Waals surface area (Å²) in [6.45, 7) is 0.618. The van der Waals surface area contributed by atoms with E-state index in [1.165, 1.54) is 11.8 Å². The Morgan fingerprint density at radius 3 is 2.84 bits per heavy atom. The Morgan fingerprint density at radius 1 is 1.32 bits per heavy atom. The average molecular weight is 393 g/mol. The van der Waals surface area contributed by atoms with Crippen molar-refractivity contribution in [1.29, 1.82) is 0 Å². The van der Waals surface area contributed by atoms with Gasteiger partial charge in [-0.3, -0.25) is 4.79 Å². The van der Waals surface area contributed by atoms with E-state index in [1.54, 1.807) is 16.2 Å². The highest BCUT2D eigenvalue weighted by Crippen LogP contribution is 2.28. The van der Waals surface area contributed by atoms with Crippen molar-refractivity contribution < 1.29 is 4.79 Å². The smallest absolute Gasteiger partial charge is 0.233 e. The van der Waals surface area contributed by atoms with Crippen molar-refractivity contribution in [2.75, 3.05) is 12.8 Å². The van der Waals surface area contributed by atoms with Crippen LogP contribution in [0, 0.1) is 0 Å². The Kier molecular flexibility index (Phi) is 5.78. The van der Waals surface area contributed by atoms with Crippen LogP contribution in [0.3, 0.4) is 0 Å². The van der Waals surface area contributed by atoms with Crippen LogP contribution in [0.25, 0.3) is 11.4 Å². The van der Waals surface area contributed by atoms with E-state index in [1.807, 2.05) is 54.4 Å². The fourth-order valence-corrected chi connectivity index (χ4v) is 4.03. The normalized spacial score (nSPS) is 10.8. The van der Waals surface area contributed by atoms with E-state index in [2.05, 4.69) is 15.6 Å². The Morgan fingerprint density at radius 2 is 2.12 bits per heavy atom. The van der Waals surface area contributed by atoms with Crippen LogP contribution in [0.2, 0.25) is 5.02 Å². The van der Waals surface area contributed by atoms with Crippen molar-refractivity contribution in [2.45, 2.75) is 11.7 Å². The minimum Gasteiger partial charge on any atom is -0.341 e. The number of rotatable bonds is 6. The molecule has 0 atom stereocenters. The number of halogens is 1. The summed E-state index contributed by atoms with van der Waals surface area (Å²) in [5.74, 6) is 1.06. The minimum absolute atomic E-state index is 0.0542. The Balaban J connectivity index is 1.64. The van der Waals surface area contributed by atoms with Crippen molar-refractivity contribution in [3.63, 3.8) is 0 Å². The number of benzene rings is 1. The number of aromatic nitrogens is 3. The second-order valence-corrected chi connectivity index (χ2v) is 7.64. The van der Waals surface area contributed by atoms with Crippen LogP contribution >= 0.6 is 34.7 Å². The van der Waals surface area contributed by atoms with Crippen LogP contribution in [-0.4, -0.2) is 38.4 Å². The Labute approximate surface area is 159 Å². The zero-order chi connectivity index (χ0) is 17.8. The number of carbonyl (C=O) groups is 1. The van der Waals surface area contributed by atoms with Gasteiger partial charge in [0.25, 0.3) is 0 Å². The van der Waals surface area contributed by atoms with Gasteiger partial charge in [0, 0.05) is 26.2 Å². The van der Waals surface area contributed by atoms with Crippen LogP contribution in [0.4, 0.5) is 0 Å². The van der Waals surface area contributed by atoms with Gasteiger partial charge in [-0.15, -0.1) is 10.2 Å². The summed E-state index contributed by atoms with van der Waals surface area (Å²) in [6, 6.07) is 9.54. The molecular weight excluding hydrogens is 376 g/mol. The van der Waals surface area contributed by atoms with Gasteiger partial charge in [-0.25, -0.2) is 0 Å². The van der Waals surface area contributed by atoms with Gasteiger partial charge in [-0.05, 0) is 34.5 Å². The minimum atomic E-state index is 0.0542.